The number of carbonyl (C=O) groups is 2. The van der Waals surface area contributed by atoms with E-state index in [9.17, 15) is 9.59 Å². The first-order valence-corrected chi connectivity index (χ1v) is 9.16. The minimum Gasteiger partial charge on any atom is -0.466 e. The zero-order valence-corrected chi connectivity index (χ0v) is 18.7. The van der Waals surface area contributed by atoms with Gasteiger partial charge in [0.25, 0.3) is 0 Å². The molecule has 0 aliphatic heterocycles. The fourth-order valence-electron chi connectivity index (χ4n) is 1.87. The first-order valence-electron chi connectivity index (χ1n) is 9.16. The van der Waals surface area contributed by atoms with Gasteiger partial charge in [0.15, 0.2) is 0 Å². The SMILES string of the molecule is CCCCOC(OCCCC)(OCCCC)C(=O)CC(=O)OCC.[Zr]. The zero-order valence-electron chi connectivity index (χ0n) is 16.2. The number of hydrogen-bond donors (Lipinski definition) is 0. The van der Waals surface area contributed by atoms with Gasteiger partial charge in [0, 0.05) is 26.2 Å². The Morgan fingerprint density at radius 2 is 1.16 bits per heavy atom. The van der Waals surface area contributed by atoms with E-state index in [1.54, 1.807) is 6.92 Å². The molecule has 0 heterocycles. The molecule has 0 rings (SSSR count). The summed E-state index contributed by atoms with van der Waals surface area (Å²) in [6.45, 7) is 9.02. The third-order valence-corrected chi connectivity index (χ3v) is 3.32. The van der Waals surface area contributed by atoms with Crippen LogP contribution in [0.25, 0.3) is 0 Å². The fraction of sp³-hybridized carbons (Fsp3) is 0.889. The van der Waals surface area contributed by atoms with Crippen LogP contribution in [0.15, 0.2) is 0 Å². The van der Waals surface area contributed by atoms with Crippen molar-refractivity contribution in [1.82, 2.24) is 0 Å². The Kier molecular flexibility index (Phi) is 18.8. The second-order valence-electron chi connectivity index (χ2n) is 5.57. The van der Waals surface area contributed by atoms with Gasteiger partial charge in [0.2, 0.25) is 5.78 Å². The van der Waals surface area contributed by atoms with Crippen LogP contribution in [0.3, 0.4) is 0 Å². The summed E-state index contributed by atoms with van der Waals surface area (Å²) in [5.41, 5.74) is 0. The van der Waals surface area contributed by atoms with E-state index in [1.165, 1.54) is 0 Å². The summed E-state index contributed by atoms with van der Waals surface area (Å²) in [5.74, 6) is -2.93. The van der Waals surface area contributed by atoms with Crippen molar-refractivity contribution in [3.63, 3.8) is 0 Å². The van der Waals surface area contributed by atoms with Gasteiger partial charge in [-0.2, -0.15) is 0 Å². The van der Waals surface area contributed by atoms with Gasteiger partial charge in [-0.1, -0.05) is 40.0 Å². The number of Topliss-reactive ketones (excluding diaryl/α,β-unsaturated/α-hetero) is 1. The van der Waals surface area contributed by atoms with Gasteiger partial charge < -0.3 is 18.9 Å². The number of carbonyl (C=O) groups excluding carboxylic acids is 2. The Balaban J connectivity index is 0. The number of esters is 1. The van der Waals surface area contributed by atoms with Crippen molar-refractivity contribution in [1.29, 1.82) is 0 Å². The summed E-state index contributed by atoms with van der Waals surface area (Å²) < 4.78 is 22.0. The molecule has 0 bridgehead atoms. The van der Waals surface area contributed by atoms with Gasteiger partial charge in [-0.05, 0) is 26.2 Å². The van der Waals surface area contributed by atoms with Crippen molar-refractivity contribution < 1.29 is 54.7 Å². The summed E-state index contributed by atoms with van der Waals surface area (Å²) in [6.07, 6.45) is 4.69. The molecule has 0 aromatic carbocycles. The van der Waals surface area contributed by atoms with Crippen LogP contribution >= 0.6 is 0 Å². The zero-order chi connectivity index (χ0) is 18.3. The second kappa shape index (κ2) is 17.3. The largest absolute Gasteiger partial charge is 0.466 e. The van der Waals surface area contributed by atoms with Crippen LogP contribution in [0.4, 0.5) is 0 Å². The monoisotopic (exact) mass is 436 g/mol. The molecule has 0 fully saturated rings. The molecule has 0 aromatic rings. The molecule has 0 radical (unpaired) electrons. The number of ketones is 1. The molecule has 0 N–H and O–H groups in total. The maximum atomic E-state index is 12.7. The standard InChI is InChI=1S/C18H34O6.Zr/c1-5-9-12-22-18(23-13-10-6-2,24-14-11-7-3)16(19)15-17(20)21-8-4;/h5-15H2,1-4H3;. The summed E-state index contributed by atoms with van der Waals surface area (Å²) in [7, 11) is 0. The van der Waals surface area contributed by atoms with Crippen LogP contribution in [-0.2, 0) is 54.7 Å². The molecule has 25 heavy (non-hydrogen) atoms. The van der Waals surface area contributed by atoms with E-state index in [-0.39, 0.29) is 32.8 Å². The molecule has 0 aliphatic carbocycles. The molecular weight excluding hydrogens is 403 g/mol. The molecule has 0 spiro atoms. The number of rotatable bonds is 16. The molecule has 0 aromatic heterocycles. The minimum atomic E-state index is -1.80. The van der Waals surface area contributed by atoms with Crippen LogP contribution < -0.4 is 0 Å². The molecule has 0 aliphatic rings. The molecule has 0 atom stereocenters. The van der Waals surface area contributed by atoms with Gasteiger partial charge in [0.05, 0.1) is 26.4 Å². The number of ether oxygens (including phenoxy) is 4. The van der Waals surface area contributed by atoms with Gasteiger partial charge in [0.1, 0.15) is 6.42 Å². The van der Waals surface area contributed by atoms with Crippen molar-refractivity contribution in [2.24, 2.45) is 0 Å². The summed E-state index contributed by atoms with van der Waals surface area (Å²) in [4.78, 5) is 24.3. The minimum absolute atomic E-state index is 0. The Labute approximate surface area is 171 Å². The molecule has 0 unspecified atom stereocenters. The topological polar surface area (TPSA) is 71.1 Å². The third kappa shape index (κ3) is 12.0. The molecular formula is C18H34O6Zr. The predicted octanol–water partition coefficient (Wildman–Crippen LogP) is 3.61. The average Bonchev–Trinajstić information content (AvgIpc) is 2.55. The van der Waals surface area contributed by atoms with E-state index >= 15 is 0 Å². The molecule has 0 saturated heterocycles. The third-order valence-electron chi connectivity index (χ3n) is 3.32. The Hall–Kier alpha value is -0.0969. The smallest absolute Gasteiger partial charge is 0.347 e. The van der Waals surface area contributed by atoms with Crippen LogP contribution in [0.1, 0.15) is 72.6 Å². The van der Waals surface area contributed by atoms with Gasteiger partial charge >= 0.3 is 11.9 Å². The molecule has 0 amide bonds. The molecule has 7 heteroatoms. The maximum Gasteiger partial charge on any atom is 0.347 e. The maximum absolute atomic E-state index is 12.7. The molecule has 146 valence electrons. The Morgan fingerprint density at radius 1 is 0.760 bits per heavy atom. The van der Waals surface area contributed by atoms with Gasteiger partial charge in [-0.25, -0.2) is 0 Å². The van der Waals surface area contributed by atoms with Crippen LogP contribution in [-0.4, -0.2) is 44.2 Å². The van der Waals surface area contributed by atoms with Crippen molar-refractivity contribution in [3.8, 4) is 0 Å². The van der Waals surface area contributed by atoms with E-state index in [0.717, 1.165) is 38.5 Å². The van der Waals surface area contributed by atoms with Crippen molar-refractivity contribution >= 4 is 11.8 Å². The first kappa shape index (κ1) is 27.1. The predicted molar refractivity (Wildman–Crippen MR) is 91.6 cm³/mol. The van der Waals surface area contributed by atoms with E-state index in [2.05, 4.69) is 0 Å². The van der Waals surface area contributed by atoms with Crippen molar-refractivity contribution in [3.05, 3.63) is 0 Å². The van der Waals surface area contributed by atoms with Crippen molar-refractivity contribution in [2.75, 3.05) is 26.4 Å². The van der Waals surface area contributed by atoms with Crippen LogP contribution in [0, 0.1) is 0 Å². The summed E-state index contributed by atoms with van der Waals surface area (Å²) in [5, 5.41) is 0. The van der Waals surface area contributed by atoms with Crippen LogP contribution in [0.5, 0.6) is 0 Å². The molecule has 6 nitrogen and oxygen atoms in total. The van der Waals surface area contributed by atoms with E-state index in [4.69, 9.17) is 18.9 Å². The van der Waals surface area contributed by atoms with Crippen LogP contribution in [0.2, 0.25) is 0 Å². The quantitative estimate of drug-likeness (QED) is 0.159. The fourth-order valence-corrected chi connectivity index (χ4v) is 1.87. The summed E-state index contributed by atoms with van der Waals surface area (Å²) >= 11 is 0. The van der Waals surface area contributed by atoms with E-state index < -0.39 is 24.1 Å². The summed E-state index contributed by atoms with van der Waals surface area (Å²) in [6, 6.07) is 0. The second-order valence-corrected chi connectivity index (χ2v) is 5.57. The van der Waals surface area contributed by atoms with Gasteiger partial charge in [-0.3, -0.25) is 9.59 Å². The average molecular weight is 438 g/mol. The Morgan fingerprint density at radius 3 is 1.48 bits per heavy atom. The number of hydrogen-bond acceptors (Lipinski definition) is 6. The molecule has 0 saturated carbocycles. The van der Waals surface area contributed by atoms with Crippen molar-refractivity contribution in [2.45, 2.75) is 78.6 Å². The van der Waals surface area contributed by atoms with E-state index in [0.29, 0.717) is 19.8 Å². The number of unbranched alkanes of at least 4 members (excludes halogenated alkanes) is 3. The first-order chi connectivity index (χ1) is 11.6. The Bertz CT molecular complexity index is 322. The van der Waals surface area contributed by atoms with E-state index in [1.807, 2.05) is 20.8 Å². The van der Waals surface area contributed by atoms with Gasteiger partial charge in [-0.15, -0.1) is 0 Å². The normalized spacial score (nSPS) is 11.0.